The van der Waals surface area contributed by atoms with Gasteiger partial charge in [-0.1, -0.05) is 25.1 Å². The first kappa shape index (κ1) is 15.4. The lowest BCUT2D eigenvalue weighted by Gasteiger charge is -2.56. The normalized spacial score (nSPS) is 31.0. The van der Waals surface area contributed by atoms with E-state index < -0.39 is 0 Å². The third-order valence-corrected chi connectivity index (χ3v) is 7.12. The van der Waals surface area contributed by atoms with Crippen LogP contribution in [0.2, 0.25) is 0 Å². The van der Waals surface area contributed by atoms with Gasteiger partial charge >= 0.3 is 5.97 Å². The second-order valence-corrected chi connectivity index (χ2v) is 8.00. The first-order valence-electron chi connectivity index (χ1n) is 9.64. The largest absolute Gasteiger partial charge is 0.467 e. The van der Waals surface area contributed by atoms with E-state index in [9.17, 15) is 4.79 Å². The van der Waals surface area contributed by atoms with Crippen LogP contribution < -0.4 is 0 Å². The number of hydrogen-bond acceptors (Lipinski definition) is 3. The summed E-state index contributed by atoms with van der Waals surface area (Å²) >= 11 is 0. The zero-order valence-corrected chi connectivity index (χ0v) is 15.1. The summed E-state index contributed by atoms with van der Waals surface area (Å²) in [4.78, 5) is 15.5. The van der Waals surface area contributed by atoms with Gasteiger partial charge in [0.15, 0.2) is 0 Å². The van der Waals surface area contributed by atoms with Crippen molar-refractivity contribution in [2.75, 3.05) is 20.2 Å². The topological polar surface area (TPSA) is 34.5 Å². The van der Waals surface area contributed by atoms with E-state index >= 15 is 0 Å². The molecule has 0 bridgehead atoms. The van der Waals surface area contributed by atoms with Crippen LogP contribution in [0.1, 0.15) is 55.9 Å². The number of carbonyl (C=O) groups excluding carboxylic acids is 1. The molecule has 0 amide bonds. The molecule has 5 rings (SSSR count). The predicted molar refractivity (Wildman–Crippen MR) is 97.6 cm³/mol. The van der Waals surface area contributed by atoms with Crippen LogP contribution >= 0.6 is 0 Å². The monoisotopic (exact) mass is 338 g/mol. The zero-order valence-electron chi connectivity index (χ0n) is 15.1. The summed E-state index contributed by atoms with van der Waals surface area (Å²) in [6.07, 6.45) is 5.59. The molecular formula is C21H26N2O2. The van der Waals surface area contributed by atoms with Crippen LogP contribution in [0, 0.1) is 5.41 Å². The maximum absolute atomic E-state index is 12.8. The third-order valence-electron chi connectivity index (χ3n) is 7.12. The van der Waals surface area contributed by atoms with Gasteiger partial charge in [0.1, 0.15) is 6.04 Å². The van der Waals surface area contributed by atoms with Crippen molar-refractivity contribution in [3.8, 4) is 0 Å². The van der Waals surface area contributed by atoms with Crippen molar-refractivity contribution in [2.24, 2.45) is 5.41 Å². The Labute approximate surface area is 148 Å². The number of methoxy groups -OCH3 is 1. The average molecular weight is 338 g/mol. The maximum atomic E-state index is 12.8. The third kappa shape index (κ3) is 1.89. The number of carbonyl (C=O) groups is 1. The van der Waals surface area contributed by atoms with Crippen LogP contribution in [0.25, 0.3) is 10.9 Å². The number of hydrogen-bond donors (Lipinski definition) is 0. The molecule has 4 heterocycles. The smallest absolute Gasteiger partial charge is 0.328 e. The SMILES string of the molecule is CC[C@]12CCCN3CCc4c(n(c5ccccc45)[C@@H](C(=O)OC)C1)[C@@H]32. The molecule has 1 fully saturated rings. The highest BCUT2D eigenvalue weighted by Gasteiger charge is 2.54. The number of esters is 1. The summed E-state index contributed by atoms with van der Waals surface area (Å²) in [7, 11) is 1.53. The van der Waals surface area contributed by atoms with Crippen LogP contribution in [0.4, 0.5) is 0 Å². The highest BCUT2D eigenvalue weighted by atomic mass is 16.5. The molecule has 3 aliphatic heterocycles. The Kier molecular flexibility index (Phi) is 3.30. The van der Waals surface area contributed by atoms with Gasteiger partial charge in [-0.05, 0) is 55.7 Å². The van der Waals surface area contributed by atoms with E-state index in [1.807, 2.05) is 0 Å². The van der Waals surface area contributed by atoms with Crippen LogP contribution in [0.3, 0.4) is 0 Å². The zero-order chi connectivity index (χ0) is 17.2. The Balaban J connectivity index is 1.84. The van der Waals surface area contributed by atoms with E-state index in [1.54, 1.807) is 0 Å². The molecule has 0 radical (unpaired) electrons. The van der Waals surface area contributed by atoms with Gasteiger partial charge in [0.2, 0.25) is 0 Å². The molecule has 4 heteroatoms. The number of nitrogens with zero attached hydrogens (tertiary/aromatic N) is 2. The average Bonchev–Trinajstić information content (AvgIpc) is 3.01. The van der Waals surface area contributed by atoms with E-state index in [1.165, 1.54) is 48.7 Å². The summed E-state index contributed by atoms with van der Waals surface area (Å²) < 4.78 is 7.59. The Morgan fingerprint density at radius 3 is 2.96 bits per heavy atom. The fourth-order valence-electron chi connectivity index (χ4n) is 6.02. The number of fused-ring (bicyclic) bond motifs is 3. The first-order valence-corrected chi connectivity index (χ1v) is 9.64. The summed E-state index contributed by atoms with van der Waals surface area (Å²) in [6, 6.07) is 8.90. The van der Waals surface area contributed by atoms with Crippen LogP contribution in [-0.2, 0) is 16.0 Å². The van der Waals surface area contributed by atoms with E-state index in [-0.39, 0.29) is 17.4 Å². The maximum Gasteiger partial charge on any atom is 0.328 e. The number of ether oxygens (including phenoxy) is 1. The van der Waals surface area contributed by atoms with Crippen molar-refractivity contribution >= 4 is 16.9 Å². The molecule has 0 spiro atoms. The Morgan fingerprint density at radius 1 is 1.32 bits per heavy atom. The predicted octanol–water partition coefficient (Wildman–Crippen LogP) is 3.85. The number of benzene rings is 1. The van der Waals surface area contributed by atoms with Crippen LogP contribution in [0.5, 0.6) is 0 Å². The summed E-state index contributed by atoms with van der Waals surface area (Å²) in [5, 5.41) is 1.34. The summed E-state index contributed by atoms with van der Waals surface area (Å²) in [5.41, 5.74) is 4.30. The molecule has 1 aromatic heterocycles. The van der Waals surface area contributed by atoms with Crippen LogP contribution in [0.15, 0.2) is 24.3 Å². The van der Waals surface area contributed by atoms with Gasteiger partial charge in [-0.3, -0.25) is 4.90 Å². The van der Waals surface area contributed by atoms with Crippen molar-refractivity contribution in [1.82, 2.24) is 9.47 Å². The second-order valence-electron chi connectivity index (χ2n) is 8.00. The van der Waals surface area contributed by atoms with Gasteiger partial charge in [0.25, 0.3) is 0 Å². The fourth-order valence-corrected chi connectivity index (χ4v) is 6.02. The molecule has 0 unspecified atom stereocenters. The molecular weight excluding hydrogens is 312 g/mol. The number of aromatic nitrogens is 1. The standard InChI is InChI=1S/C21H26N2O2/c1-3-21-10-6-11-22-12-9-15-14-7-4-5-8-16(14)23(18(15)19(21)22)17(13-21)20(24)25-2/h4-5,7-8,17,19H,3,6,9-13H2,1-2H3/t17-,19-,21+/m1/s1. The van der Waals surface area contributed by atoms with Gasteiger partial charge in [-0.2, -0.15) is 0 Å². The molecule has 1 aromatic carbocycles. The van der Waals surface area contributed by atoms with Crippen molar-refractivity contribution in [1.29, 1.82) is 0 Å². The summed E-state index contributed by atoms with van der Waals surface area (Å²) in [6.45, 7) is 4.65. The van der Waals surface area contributed by atoms with E-state index in [2.05, 4.69) is 40.7 Å². The molecule has 0 aliphatic carbocycles. The Morgan fingerprint density at radius 2 is 2.16 bits per heavy atom. The van der Waals surface area contributed by atoms with Crippen LogP contribution in [-0.4, -0.2) is 35.6 Å². The number of para-hydroxylation sites is 1. The minimum Gasteiger partial charge on any atom is -0.467 e. The van der Waals surface area contributed by atoms with E-state index in [4.69, 9.17) is 4.74 Å². The van der Waals surface area contributed by atoms with Crippen molar-refractivity contribution < 1.29 is 9.53 Å². The quantitative estimate of drug-likeness (QED) is 0.780. The number of piperidine rings is 1. The minimum absolute atomic E-state index is 0.0856. The molecule has 0 N–H and O–H groups in total. The molecule has 3 atom stereocenters. The van der Waals surface area contributed by atoms with Gasteiger partial charge in [0, 0.05) is 23.1 Å². The first-order chi connectivity index (χ1) is 12.2. The van der Waals surface area contributed by atoms with Crippen molar-refractivity contribution in [3.63, 3.8) is 0 Å². The molecule has 132 valence electrons. The van der Waals surface area contributed by atoms with E-state index in [0.717, 1.165) is 25.8 Å². The highest BCUT2D eigenvalue weighted by Crippen LogP contribution is 2.59. The lowest BCUT2D eigenvalue weighted by molar-refractivity contribution is -0.149. The fraction of sp³-hybridized carbons (Fsp3) is 0.571. The van der Waals surface area contributed by atoms with Gasteiger partial charge in [-0.25, -0.2) is 4.79 Å². The minimum atomic E-state index is -0.187. The Hall–Kier alpha value is -1.81. The number of rotatable bonds is 2. The highest BCUT2D eigenvalue weighted by molar-refractivity contribution is 5.89. The lowest BCUT2D eigenvalue weighted by Crippen LogP contribution is -2.53. The van der Waals surface area contributed by atoms with Gasteiger partial charge in [0.05, 0.1) is 13.2 Å². The molecule has 2 aromatic rings. The van der Waals surface area contributed by atoms with Crippen molar-refractivity contribution in [3.05, 3.63) is 35.5 Å². The van der Waals surface area contributed by atoms with Crippen molar-refractivity contribution in [2.45, 2.75) is 51.1 Å². The van der Waals surface area contributed by atoms with Gasteiger partial charge in [-0.15, -0.1) is 0 Å². The molecule has 0 saturated carbocycles. The van der Waals surface area contributed by atoms with Gasteiger partial charge < -0.3 is 9.30 Å². The molecule has 3 aliphatic rings. The molecule has 25 heavy (non-hydrogen) atoms. The molecule has 4 nitrogen and oxygen atoms in total. The van der Waals surface area contributed by atoms with E-state index in [0.29, 0.717) is 6.04 Å². The summed E-state index contributed by atoms with van der Waals surface area (Å²) in [5.74, 6) is -0.0856. The molecule has 1 saturated heterocycles. The lowest BCUT2D eigenvalue weighted by atomic mass is 9.63. The Bertz CT molecular complexity index is 855. The second kappa shape index (κ2) is 5.34.